The molecule has 0 bridgehead atoms. The van der Waals surface area contributed by atoms with Crippen molar-refractivity contribution >= 4 is 38.4 Å². The van der Waals surface area contributed by atoms with Gasteiger partial charge < -0.3 is 23.7 Å². The second kappa shape index (κ2) is 12.3. The second-order valence-corrected chi connectivity index (χ2v) is 11.1. The van der Waals surface area contributed by atoms with Crippen LogP contribution in [-0.2, 0) is 11.4 Å². The number of carbonyl (C=O) groups excluding carboxylic acids is 2. The fourth-order valence-corrected chi connectivity index (χ4v) is 6.13. The first-order valence-corrected chi connectivity index (χ1v) is 15.0. The molecule has 0 spiro atoms. The fraction of sp³-hybridized carbons (Fsp3) is 0.206. The summed E-state index contributed by atoms with van der Waals surface area (Å²) in [6.07, 6.45) is 0. The highest BCUT2D eigenvalue weighted by Gasteiger charge is 2.46. The van der Waals surface area contributed by atoms with Crippen LogP contribution in [0.4, 0.5) is 5.13 Å². The van der Waals surface area contributed by atoms with Gasteiger partial charge in [0, 0.05) is 0 Å². The summed E-state index contributed by atoms with van der Waals surface area (Å²) in [5.74, 6) is 0.157. The number of hydrogen-bond acceptors (Lipinski definition) is 9. The van der Waals surface area contributed by atoms with Gasteiger partial charge in [0.05, 0.1) is 35.0 Å². The van der Waals surface area contributed by atoms with E-state index in [9.17, 15) is 14.7 Å². The van der Waals surface area contributed by atoms with Crippen molar-refractivity contribution in [1.82, 2.24) is 4.98 Å². The molecule has 44 heavy (non-hydrogen) atoms. The average Bonchev–Trinajstić information content (AvgIpc) is 3.72. The van der Waals surface area contributed by atoms with Crippen molar-refractivity contribution < 1.29 is 33.3 Å². The van der Waals surface area contributed by atoms with Gasteiger partial charge in [0.2, 0.25) is 5.78 Å². The number of amides is 1. The third kappa shape index (κ3) is 5.51. The number of aliphatic hydroxyl groups excluding tert-OH is 1. The van der Waals surface area contributed by atoms with Crippen molar-refractivity contribution in [2.45, 2.75) is 33.4 Å². The van der Waals surface area contributed by atoms with Gasteiger partial charge in [-0.15, -0.1) is 0 Å². The second-order valence-electron chi connectivity index (χ2n) is 10.1. The largest absolute Gasteiger partial charge is 0.503 e. The van der Waals surface area contributed by atoms with E-state index in [2.05, 4.69) is 0 Å². The SMILES string of the molecule is CCOc1ccc2nc(N3C(=O)C(O)=C(C(=O)c4ccc(C)o4)C3c3ccc(OCc4ccccc4)c(OCC)c3)sc2c1. The number of aliphatic hydroxyl groups is 1. The molecule has 1 aliphatic heterocycles. The number of hydrogen-bond donors (Lipinski definition) is 1. The minimum atomic E-state index is -1.02. The standard InChI is InChI=1S/C34H30N2O7S/c1-4-40-23-13-14-24-28(18-23)44-34(35-24)36-30(29(32(38)33(36)39)31(37)26-15-11-20(3)43-26)22-12-16-25(27(17-22)41-5-2)42-19-21-9-7-6-8-10-21/h6-18,30,38H,4-5,19H2,1-3H3. The highest BCUT2D eigenvalue weighted by Crippen LogP contribution is 2.46. The van der Waals surface area contributed by atoms with Crippen LogP contribution < -0.4 is 19.1 Å². The lowest BCUT2D eigenvalue weighted by molar-refractivity contribution is -0.117. The van der Waals surface area contributed by atoms with Crippen molar-refractivity contribution in [3.05, 3.63) is 113 Å². The van der Waals surface area contributed by atoms with Crippen LogP contribution in [0.3, 0.4) is 0 Å². The van der Waals surface area contributed by atoms with Crippen LogP contribution in [0.2, 0.25) is 0 Å². The Morgan fingerprint density at radius 1 is 0.955 bits per heavy atom. The monoisotopic (exact) mass is 610 g/mol. The van der Waals surface area contributed by atoms with Gasteiger partial charge >= 0.3 is 0 Å². The Bertz CT molecular complexity index is 1880. The third-order valence-electron chi connectivity index (χ3n) is 7.10. The van der Waals surface area contributed by atoms with Gasteiger partial charge in [0.15, 0.2) is 28.1 Å². The van der Waals surface area contributed by atoms with Crippen molar-refractivity contribution in [3.63, 3.8) is 0 Å². The van der Waals surface area contributed by atoms with E-state index in [1.165, 1.54) is 22.3 Å². The number of Topliss-reactive ketones (excluding diaryl/α,β-unsaturated/α-hetero) is 1. The molecule has 1 atom stereocenters. The molecule has 3 heterocycles. The summed E-state index contributed by atoms with van der Waals surface area (Å²) < 4.78 is 24.1. The van der Waals surface area contributed by atoms with Crippen molar-refractivity contribution in [2.75, 3.05) is 18.1 Å². The molecule has 0 radical (unpaired) electrons. The quantitative estimate of drug-likeness (QED) is 0.155. The van der Waals surface area contributed by atoms with Gasteiger partial charge in [-0.3, -0.25) is 14.5 Å². The van der Waals surface area contributed by atoms with Crippen LogP contribution in [0.5, 0.6) is 17.2 Å². The lowest BCUT2D eigenvalue weighted by atomic mass is 9.95. The maximum absolute atomic E-state index is 13.8. The molecule has 224 valence electrons. The summed E-state index contributed by atoms with van der Waals surface area (Å²) in [5, 5.41) is 11.5. The Morgan fingerprint density at radius 3 is 2.48 bits per heavy atom. The topological polar surface area (TPSA) is 111 Å². The predicted molar refractivity (Wildman–Crippen MR) is 167 cm³/mol. The van der Waals surface area contributed by atoms with Crippen LogP contribution in [0.1, 0.15) is 47.3 Å². The number of aromatic nitrogens is 1. The normalized spacial score (nSPS) is 14.8. The Balaban J connectivity index is 1.44. The fourth-order valence-electron chi connectivity index (χ4n) is 5.11. The van der Waals surface area contributed by atoms with Gasteiger partial charge in [-0.2, -0.15) is 0 Å². The average molecular weight is 611 g/mol. The van der Waals surface area contributed by atoms with Crippen LogP contribution in [0, 0.1) is 6.92 Å². The van der Waals surface area contributed by atoms with E-state index < -0.39 is 23.5 Å². The van der Waals surface area contributed by atoms with Gasteiger partial charge in [-0.05, 0) is 74.4 Å². The summed E-state index contributed by atoms with van der Waals surface area (Å²) in [6, 6.07) is 22.6. The number of furan rings is 1. The van der Waals surface area contributed by atoms with Gasteiger partial charge in [0.25, 0.3) is 5.91 Å². The number of benzene rings is 3. The molecule has 1 amide bonds. The maximum atomic E-state index is 13.8. The summed E-state index contributed by atoms with van der Waals surface area (Å²) in [5.41, 5.74) is 2.06. The summed E-state index contributed by atoms with van der Waals surface area (Å²) >= 11 is 1.26. The molecule has 1 N–H and O–H groups in total. The third-order valence-corrected chi connectivity index (χ3v) is 8.12. The van der Waals surface area contributed by atoms with E-state index in [0.717, 1.165) is 10.3 Å². The van der Waals surface area contributed by atoms with Crippen LogP contribution in [0.25, 0.3) is 10.2 Å². The number of fused-ring (bicyclic) bond motifs is 1. The zero-order valence-corrected chi connectivity index (χ0v) is 25.2. The zero-order valence-electron chi connectivity index (χ0n) is 24.4. The number of thiazole rings is 1. The lowest BCUT2D eigenvalue weighted by Crippen LogP contribution is -2.31. The van der Waals surface area contributed by atoms with Crippen molar-refractivity contribution in [1.29, 1.82) is 0 Å². The van der Waals surface area contributed by atoms with E-state index in [1.807, 2.05) is 62.4 Å². The minimum absolute atomic E-state index is 0.0159. The number of ketones is 1. The maximum Gasteiger partial charge on any atom is 0.296 e. The van der Waals surface area contributed by atoms with Crippen LogP contribution >= 0.6 is 11.3 Å². The van der Waals surface area contributed by atoms with E-state index in [1.54, 1.807) is 31.2 Å². The number of ether oxygens (including phenoxy) is 3. The molecular formula is C34H30N2O7S. The number of carbonyl (C=O) groups is 2. The molecule has 1 aliphatic rings. The summed E-state index contributed by atoms with van der Waals surface area (Å²) in [6.45, 7) is 6.67. The Morgan fingerprint density at radius 2 is 1.75 bits per heavy atom. The molecule has 1 unspecified atom stereocenters. The molecule has 0 fully saturated rings. The van der Waals surface area contributed by atoms with E-state index in [-0.39, 0.29) is 11.3 Å². The Hall–Kier alpha value is -5.09. The molecule has 9 nitrogen and oxygen atoms in total. The van der Waals surface area contributed by atoms with E-state index in [4.69, 9.17) is 23.6 Å². The molecule has 5 aromatic rings. The number of rotatable bonds is 11. The number of anilines is 1. The summed E-state index contributed by atoms with van der Waals surface area (Å²) in [4.78, 5) is 33.6. The first-order chi connectivity index (χ1) is 21.4. The van der Waals surface area contributed by atoms with Gasteiger partial charge in [-0.1, -0.05) is 47.7 Å². The molecule has 0 saturated carbocycles. The van der Waals surface area contributed by atoms with Crippen molar-refractivity contribution in [3.8, 4) is 17.2 Å². The first-order valence-electron chi connectivity index (χ1n) is 14.2. The highest BCUT2D eigenvalue weighted by atomic mass is 32.1. The summed E-state index contributed by atoms with van der Waals surface area (Å²) in [7, 11) is 0. The Kier molecular flexibility index (Phi) is 8.08. The smallest absolute Gasteiger partial charge is 0.296 e. The number of nitrogens with zero attached hydrogens (tertiary/aromatic N) is 2. The number of aryl methyl sites for hydroxylation is 1. The lowest BCUT2D eigenvalue weighted by Gasteiger charge is -2.25. The van der Waals surface area contributed by atoms with Crippen LogP contribution in [0.15, 0.2) is 94.6 Å². The predicted octanol–water partition coefficient (Wildman–Crippen LogP) is 7.36. The van der Waals surface area contributed by atoms with E-state index >= 15 is 0 Å². The first kappa shape index (κ1) is 29.0. The molecule has 3 aromatic carbocycles. The molecule has 0 aliphatic carbocycles. The molecular weight excluding hydrogens is 580 g/mol. The molecule has 6 rings (SSSR count). The molecule has 0 saturated heterocycles. The molecule has 10 heteroatoms. The minimum Gasteiger partial charge on any atom is -0.503 e. The van der Waals surface area contributed by atoms with Gasteiger partial charge in [-0.25, -0.2) is 4.98 Å². The zero-order chi connectivity index (χ0) is 30.8. The van der Waals surface area contributed by atoms with Crippen molar-refractivity contribution in [2.24, 2.45) is 0 Å². The van der Waals surface area contributed by atoms with Gasteiger partial charge in [0.1, 0.15) is 18.1 Å². The highest BCUT2D eigenvalue weighted by molar-refractivity contribution is 7.22. The molecule has 2 aromatic heterocycles. The van der Waals surface area contributed by atoms with E-state index in [0.29, 0.717) is 59.0 Å². The van der Waals surface area contributed by atoms with Crippen LogP contribution in [-0.4, -0.2) is 35.0 Å². The Labute approximate surface area is 257 Å².